The van der Waals surface area contributed by atoms with Crippen molar-refractivity contribution in [3.8, 4) is 11.5 Å². The van der Waals surface area contributed by atoms with Crippen LogP contribution in [0.15, 0.2) is 59.1 Å². The van der Waals surface area contributed by atoms with Gasteiger partial charge in [0.1, 0.15) is 24.1 Å². The predicted octanol–water partition coefficient (Wildman–Crippen LogP) is 4.01. The van der Waals surface area contributed by atoms with E-state index >= 15 is 0 Å². The number of nitrogens with one attached hydrogen (secondary N) is 1. The highest BCUT2D eigenvalue weighted by atomic mass is 79.9. The monoisotopic (exact) mass is 488 g/mol. The molecule has 1 aliphatic rings. The maximum atomic E-state index is 13.2. The normalized spacial score (nSPS) is 16.2. The number of alkyl carbamates (subject to hydrolysis) is 1. The predicted molar refractivity (Wildman–Crippen MR) is 120 cm³/mol. The van der Waals surface area contributed by atoms with Gasteiger partial charge in [0.25, 0.3) is 0 Å². The van der Waals surface area contributed by atoms with Gasteiger partial charge in [-0.3, -0.25) is 4.79 Å². The summed E-state index contributed by atoms with van der Waals surface area (Å²) in [5.41, 5.74) is 1.71. The van der Waals surface area contributed by atoms with E-state index < -0.39 is 12.1 Å². The number of hydrogen-bond acceptors (Lipinski definition) is 5. The first-order valence-corrected chi connectivity index (χ1v) is 10.6. The Labute approximate surface area is 190 Å². The number of methoxy groups -OCH3 is 2. The lowest BCUT2D eigenvalue weighted by molar-refractivity contribution is -0.133. The van der Waals surface area contributed by atoms with E-state index in [1.54, 1.807) is 25.2 Å². The molecule has 3 rings (SSSR count). The number of amides is 2. The van der Waals surface area contributed by atoms with Crippen LogP contribution >= 0.6 is 15.9 Å². The maximum Gasteiger partial charge on any atom is 0.408 e. The Morgan fingerprint density at radius 2 is 1.94 bits per heavy atom. The minimum absolute atomic E-state index is 0.139. The summed E-state index contributed by atoms with van der Waals surface area (Å²) in [5.74, 6) is 1.10. The third-order valence-electron chi connectivity index (χ3n) is 4.89. The van der Waals surface area contributed by atoms with Crippen molar-refractivity contribution in [1.29, 1.82) is 0 Å². The van der Waals surface area contributed by atoms with Crippen molar-refractivity contribution < 1.29 is 23.8 Å². The molecular formula is C23H25BrN2O5. The van der Waals surface area contributed by atoms with E-state index in [1.807, 2.05) is 48.5 Å². The lowest BCUT2D eigenvalue weighted by atomic mass is 10.1. The van der Waals surface area contributed by atoms with Crippen LogP contribution in [0.25, 0.3) is 0 Å². The van der Waals surface area contributed by atoms with Gasteiger partial charge in [-0.25, -0.2) is 4.79 Å². The van der Waals surface area contributed by atoms with Gasteiger partial charge in [0.2, 0.25) is 5.91 Å². The highest BCUT2D eigenvalue weighted by Crippen LogP contribution is 2.27. The second-order valence-corrected chi connectivity index (χ2v) is 8.04. The van der Waals surface area contributed by atoms with Crippen molar-refractivity contribution in [3.63, 3.8) is 0 Å². The molecule has 0 saturated heterocycles. The molecule has 0 aromatic heterocycles. The molecular weight excluding hydrogens is 464 g/mol. The standard InChI is InChI=1S/C23H25BrN2O5/c1-29-19-10-8-17(21(12-19)30-2)13-26-14-18(24)9-11-20(22(26)27)25-23(28)31-15-16-6-4-3-5-7-16/h3-10,12,20H,11,13-15H2,1-2H3,(H,25,28). The number of carbonyl (C=O) groups excluding carboxylic acids is 2. The third-order valence-corrected chi connectivity index (χ3v) is 5.46. The molecule has 7 nitrogen and oxygen atoms in total. The van der Waals surface area contributed by atoms with E-state index in [9.17, 15) is 9.59 Å². The third kappa shape index (κ3) is 6.24. The fourth-order valence-corrected chi connectivity index (χ4v) is 3.73. The van der Waals surface area contributed by atoms with Gasteiger partial charge < -0.3 is 24.4 Å². The van der Waals surface area contributed by atoms with Crippen LogP contribution in [0.4, 0.5) is 4.79 Å². The van der Waals surface area contributed by atoms with Crippen LogP contribution in [0.5, 0.6) is 11.5 Å². The van der Waals surface area contributed by atoms with E-state index in [0.717, 1.165) is 15.6 Å². The Hall–Kier alpha value is -3.00. The molecule has 1 atom stereocenters. The molecule has 2 amide bonds. The average molecular weight is 489 g/mol. The molecule has 0 radical (unpaired) electrons. The van der Waals surface area contributed by atoms with Crippen LogP contribution in [-0.4, -0.2) is 43.7 Å². The number of nitrogens with zero attached hydrogens (tertiary/aromatic N) is 1. The molecule has 1 N–H and O–H groups in total. The molecule has 0 spiro atoms. The van der Waals surface area contributed by atoms with Gasteiger partial charge in [-0.2, -0.15) is 0 Å². The summed E-state index contributed by atoms with van der Waals surface area (Å²) in [6.45, 7) is 0.858. The lowest BCUT2D eigenvalue weighted by Crippen LogP contribution is -2.47. The average Bonchev–Trinajstić information content (AvgIpc) is 2.92. The molecule has 2 aromatic carbocycles. The zero-order valence-electron chi connectivity index (χ0n) is 17.5. The van der Waals surface area contributed by atoms with Gasteiger partial charge in [0, 0.05) is 22.7 Å². The SMILES string of the molecule is COc1ccc(CN2CC(Br)=CCC(NC(=O)OCc3ccccc3)C2=O)c(OC)c1. The van der Waals surface area contributed by atoms with Crippen molar-refractivity contribution in [3.05, 3.63) is 70.2 Å². The molecule has 164 valence electrons. The fourth-order valence-electron chi connectivity index (χ4n) is 3.24. The topological polar surface area (TPSA) is 77.1 Å². The molecule has 0 bridgehead atoms. The Bertz CT molecular complexity index is 948. The van der Waals surface area contributed by atoms with Crippen LogP contribution in [0.3, 0.4) is 0 Å². The molecule has 1 unspecified atom stereocenters. The van der Waals surface area contributed by atoms with Gasteiger partial charge >= 0.3 is 6.09 Å². The number of hydrogen-bond donors (Lipinski definition) is 1. The van der Waals surface area contributed by atoms with E-state index in [4.69, 9.17) is 14.2 Å². The summed E-state index contributed by atoms with van der Waals surface area (Å²) >= 11 is 3.51. The molecule has 8 heteroatoms. The van der Waals surface area contributed by atoms with Gasteiger partial charge in [0.05, 0.1) is 20.8 Å². The van der Waals surface area contributed by atoms with Gasteiger partial charge in [0.15, 0.2) is 0 Å². The molecule has 0 saturated carbocycles. The molecule has 1 heterocycles. The summed E-state index contributed by atoms with van der Waals surface area (Å²) < 4.78 is 16.8. The fraction of sp³-hybridized carbons (Fsp3) is 0.304. The second-order valence-electron chi connectivity index (χ2n) is 7.02. The van der Waals surface area contributed by atoms with E-state index in [1.165, 1.54) is 0 Å². The lowest BCUT2D eigenvalue weighted by Gasteiger charge is -2.26. The molecule has 0 fully saturated rings. The van der Waals surface area contributed by atoms with Crippen molar-refractivity contribution in [1.82, 2.24) is 10.2 Å². The zero-order valence-corrected chi connectivity index (χ0v) is 19.1. The first kappa shape index (κ1) is 22.7. The van der Waals surface area contributed by atoms with Crippen molar-refractivity contribution in [2.24, 2.45) is 0 Å². The zero-order chi connectivity index (χ0) is 22.2. The molecule has 0 aliphatic carbocycles. The number of ether oxygens (including phenoxy) is 3. The van der Waals surface area contributed by atoms with E-state index in [2.05, 4.69) is 21.2 Å². The first-order chi connectivity index (χ1) is 15.0. The molecule has 2 aromatic rings. The van der Waals surface area contributed by atoms with Crippen LogP contribution in [0.1, 0.15) is 17.5 Å². The Morgan fingerprint density at radius 3 is 2.65 bits per heavy atom. The van der Waals surface area contributed by atoms with Crippen LogP contribution in [0.2, 0.25) is 0 Å². The summed E-state index contributed by atoms with van der Waals surface area (Å²) in [5, 5.41) is 2.69. The minimum Gasteiger partial charge on any atom is -0.497 e. The van der Waals surface area contributed by atoms with E-state index in [0.29, 0.717) is 31.0 Å². The number of rotatable bonds is 7. The second kappa shape index (κ2) is 10.9. The Morgan fingerprint density at radius 1 is 1.16 bits per heavy atom. The van der Waals surface area contributed by atoms with Crippen molar-refractivity contribution in [2.45, 2.75) is 25.6 Å². The molecule has 31 heavy (non-hydrogen) atoms. The van der Waals surface area contributed by atoms with Gasteiger partial charge in [-0.05, 0) is 24.1 Å². The summed E-state index contributed by atoms with van der Waals surface area (Å²) in [6, 6.07) is 14.1. The Balaban J connectivity index is 1.67. The largest absolute Gasteiger partial charge is 0.497 e. The van der Waals surface area contributed by atoms with Crippen molar-refractivity contribution >= 4 is 27.9 Å². The Kier molecular flexibility index (Phi) is 7.94. The van der Waals surface area contributed by atoms with E-state index in [-0.39, 0.29) is 12.5 Å². The first-order valence-electron chi connectivity index (χ1n) is 9.81. The van der Waals surface area contributed by atoms with Crippen LogP contribution in [0, 0.1) is 0 Å². The summed E-state index contributed by atoms with van der Waals surface area (Å²) in [4.78, 5) is 27.1. The highest BCUT2D eigenvalue weighted by Gasteiger charge is 2.29. The highest BCUT2D eigenvalue weighted by molar-refractivity contribution is 9.11. The minimum atomic E-state index is -0.720. The number of halogens is 1. The summed E-state index contributed by atoms with van der Waals surface area (Å²) in [7, 11) is 3.16. The van der Waals surface area contributed by atoms with Gasteiger partial charge in [-0.1, -0.05) is 52.3 Å². The van der Waals surface area contributed by atoms with Crippen molar-refractivity contribution in [2.75, 3.05) is 20.8 Å². The quantitative estimate of drug-likeness (QED) is 0.636. The maximum absolute atomic E-state index is 13.2. The van der Waals surface area contributed by atoms with Crippen LogP contribution < -0.4 is 14.8 Å². The molecule has 1 aliphatic heterocycles. The van der Waals surface area contributed by atoms with Crippen LogP contribution in [-0.2, 0) is 22.7 Å². The number of carbonyl (C=O) groups is 2. The smallest absolute Gasteiger partial charge is 0.408 e. The van der Waals surface area contributed by atoms with Gasteiger partial charge in [-0.15, -0.1) is 0 Å². The summed E-state index contributed by atoms with van der Waals surface area (Å²) in [6.07, 6.45) is 1.64. The number of benzene rings is 2.